The van der Waals surface area contributed by atoms with Crippen molar-refractivity contribution in [3.63, 3.8) is 0 Å². The van der Waals surface area contributed by atoms with Crippen LogP contribution in [0.15, 0.2) is 116 Å². The number of aromatic nitrogens is 2. The number of benzene rings is 2. The molecular formula is C35H49B2N2O6Y+2. The van der Waals surface area contributed by atoms with Gasteiger partial charge in [-0.1, -0.05) is 66.7 Å². The van der Waals surface area contributed by atoms with Gasteiger partial charge < -0.3 is 45.7 Å². The molecule has 4 aromatic rings. The third-order valence-electron chi connectivity index (χ3n) is 4.99. The number of hydrogen-bond acceptors (Lipinski definition) is 6. The molecule has 46 heavy (non-hydrogen) atoms. The molecule has 8 nitrogen and oxygen atoms in total. The summed E-state index contributed by atoms with van der Waals surface area (Å²) in [5.41, 5.74) is 3.30. The van der Waals surface area contributed by atoms with Gasteiger partial charge >= 0.3 is 39.8 Å². The zero-order chi connectivity index (χ0) is 34.9. The van der Waals surface area contributed by atoms with Gasteiger partial charge in [-0.15, -0.1) is 12.8 Å². The van der Waals surface area contributed by atoms with Crippen molar-refractivity contribution in [1.29, 1.82) is 0 Å². The number of pyridine rings is 2. The van der Waals surface area contributed by atoms with E-state index in [1.54, 1.807) is 6.92 Å². The number of aliphatic hydroxyl groups is 1. The fraction of sp³-hybridized carbons (Fsp3) is 0.229. The summed E-state index contributed by atoms with van der Waals surface area (Å²) in [6, 6.07) is 30.5. The first-order valence-electron chi connectivity index (χ1n) is 14.1. The Labute approximate surface area is 303 Å². The molecule has 2 heterocycles. The van der Waals surface area contributed by atoms with Gasteiger partial charge in [0.25, 0.3) is 8.05 Å². The molecule has 242 valence electrons. The molecule has 0 amide bonds. The summed E-state index contributed by atoms with van der Waals surface area (Å²) in [6.45, 7) is 16.5. The smallest absolute Gasteiger partial charge is 0.461 e. The molecular weight excluding hydrogens is 655 g/mol. The molecule has 0 aliphatic carbocycles. The van der Waals surface area contributed by atoms with Crippen LogP contribution >= 0.6 is 0 Å². The number of carbonyl (C=O) groups is 2. The average molecular weight is 704 g/mol. The van der Waals surface area contributed by atoms with Gasteiger partial charge in [-0.05, 0) is 13.7 Å². The first-order chi connectivity index (χ1) is 21.7. The second-order valence-corrected chi connectivity index (χ2v) is 8.54. The Balaban J connectivity index is -0.000000269. The normalized spacial score (nSPS) is 8.33. The van der Waals surface area contributed by atoms with Crippen LogP contribution < -0.4 is 9.13 Å². The quantitative estimate of drug-likeness (QED) is 0.100. The van der Waals surface area contributed by atoms with Gasteiger partial charge in [0.2, 0.25) is 0 Å². The van der Waals surface area contributed by atoms with Crippen molar-refractivity contribution in [2.24, 2.45) is 0 Å². The van der Waals surface area contributed by atoms with Crippen LogP contribution in [0.2, 0.25) is 6.82 Å². The number of hydrogen-bond donors (Lipinski definition) is 4. The molecule has 4 N–H and O–H groups in total. The zero-order valence-corrected chi connectivity index (χ0v) is 30.5. The summed E-state index contributed by atoms with van der Waals surface area (Å²) in [4.78, 5) is 21.2. The summed E-state index contributed by atoms with van der Waals surface area (Å²) >= 11 is 0. The van der Waals surface area contributed by atoms with Gasteiger partial charge in [0.05, 0.1) is 5.78 Å². The zero-order valence-electron chi connectivity index (χ0n) is 27.7. The summed E-state index contributed by atoms with van der Waals surface area (Å²) in [7, 11) is 3.33. The van der Waals surface area contributed by atoms with Gasteiger partial charge in [0.15, 0.2) is 37.9 Å². The van der Waals surface area contributed by atoms with Crippen LogP contribution in [0.4, 0.5) is 0 Å². The van der Waals surface area contributed by atoms with Crippen LogP contribution in [0.1, 0.15) is 48.2 Å². The molecule has 2 radical (unpaired) electrons. The van der Waals surface area contributed by atoms with E-state index in [1.165, 1.54) is 24.9 Å². The van der Waals surface area contributed by atoms with Crippen molar-refractivity contribution in [2.45, 2.75) is 46.6 Å². The summed E-state index contributed by atoms with van der Waals surface area (Å²) in [5, 5.41) is 28.7. The van der Waals surface area contributed by atoms with E-state index < -0.39 is 7.12 Å². The number of ketones is 2. The van der Waals surface area contributed by atoms with E-state index in [9.17, 15) is 9.59 Å². The Hall–Kier alpha value is -2.85. The monoisotopic (exact) mass is 704 g/mol. The van der Waals surface area contributed by atoms with Crippen molar-refractivity contribution >= 4 is 26.7 Å². The van der Waals surface area contributed by atoms with Crippen LogP contribution in [0.25, 0.3) is 0 Å². The molecule has 2 aromatic heterocycles. The molecule has 2 aromatic carbocycles. The minimum Gasteiger partial charge on any atom is -0.461 e. The van der Waals surface area contributed by atoms with Crippen LogP contribution in [-0.2, 0) is 50.6 Å². The Morgan fingerprint density at radius 3 is 1.28 bits per heavy atom. The average Bonchev–Trinajstić information content (AvgIpc) is 3.09. The fourth-order valence-corrected chi connectivity index (χ4v) is 3.02. The van der Waals surface area contributed by atoms with Crippen molar-refractivity contribution in [1.82, 2.24) is 0 Å². The number of carbonyl (C=O) groups excluding carboxylic acids is 2. The number of Topliss-reactive ketones (excluding diaryl/α,β-unsaturated/α-hetero) is 2. The van der Waals surface area contributed by atoms with E-state index >= 15 is 0 Å². The molecule has 11 heteroatoms. The standard InChI is InChI=1S/C15H15NO.C12H12N.C4H7O.C2H5.CH5BO2.CH4O.BHO.Y/c1-2-15(17)14-8-10-16(11-9-14)12-13-6-4-3-5-7-13;1-3-7-12(8-4-1)11-13-9-5-2-6-10-13;1-3-4(2)5;1-2;1-2(3)4;2*1-2;/h3-11H,1-2,12H2;1-10H,11H2;1,3H2,2H3;1H2,2H3;3-4H,1H3;2H,1H3;2H;/q;+1;2*-1;;;;+3. The van der Waals surface area contributed by atoms with Crippen molar-refractivity contribution in [3.8, 4) is 0 Å². The molecule has 4 rings (SSSR count). The number of nitrogens with zero attached hydrogens (tertiary/aromatic N) is 2. The van der Waals surface area contributed by atoms with E-state index in [2.05, 4.69) is 86.7 Å². The molecule has 0 saturated carbocycles. The minimum atomic E-state index is -1.17. The van der Waals surface area contributed by atoms with Crippen molar-refractivity contribution in [2.75, 3.05) is 7.11 Å². The number of aliphatic hydroxyl groups excluding tert-OH is 1. The van der Waals surface area contributed by atoms with Gasteiger partial charge in [-0.2, -0.15) is 6.92 Å². The molecule has 0 atom stereocenters. The maximum absolute atomic E-state index is 11.4. The van der Waals surface area contributed by atoms with Crippen molar-refractivity contribution in [3.05, 3.63) is 153 Å². The minimum absolute atomic E-state index is 0. The summed E-state index contributed by atoms with van der Waals surface area (Å²) < 4.78 is 4.21. The van der Waals surface area contributed by atoms with E-state index in [-0.39, 0.29) is 44.3 Å². The van der Waals surface area contributed by atoms with E-state index in [0.717, 1.165) is 25.8 Å². The van der Waals surface area contributed by atoms with E-state index in [1.807, 2.05) is 67.0 Å². The Bertz CT molecular complexity index is 1170. The maximum Gasteiger partial charge on any atom is 3.00 e. The van der Waals surface area contributed by atoms with Gasteiger partial charge in [0, 0.05) is 48.1 Å². The third kappa shape index (κ3) is 29.8. The molecule has 0 saturated heterocycles. The van der Waals surface area contributed by atoms with Crippen LogP contribution in [0.3, 0.4) is 0 Å². The first-order valence-corrected chi connectivity index (χ1v) is 14.1. The van der Waals surface area contributed by atoms with Gasteiger partial charge in [-0.3, -0.25) is 4.79 Å². The van der Waals surface area contributed by atoms with E-state index in [4.69, 9.17) is 20.2 Å². The largest absolute Gasteiger partial charge is 3.00 e. The predicted molar refractivity (Wildman–Crippen MR) is 183 cm³/mol. The summed E-state index contributed by atoms with van der Waals surface area (Å²) in [6.07, 6.45) is 8.73. The molecule has 0 bridgehead atoms. The fourth-order valence-electron chi connectivity index (χ4n) is 3.02. The topological polar surface area (TPSA) is 123 Å². The van der Waals surface area contributed by atoms with Crippen LogP contribution in [0.5, 0.6) is 0 Å². The maximum atomic E-state index is 11.4. The van der Waals surface area contributed by atoms with Crippen molar-refractivity contribution < 1.29 is 71.6 Å². The Kier molecular flexibility index (Phi) is 39.8. The molecule has 0 aliphatic rings. The second-order valence-electron chi connectivity index (χ2n) is 8.54. The second kappa shape index (κ2) is 36.6. The Morgan fingerprint density at radius 2 is 0.978 bits per heavy atom. The first kappa shape index (κ1) is 50.0. The predicted octanol–water partition coefficient (Wildman–Crippen LogP) is 3.85. The van der Waals surface area contributed by atoms with Gasteiger partial charge in [-0.25, -0.2) is 9.13 Å². The third-order valence-corrected chi connectivity index (χ3v) is 4.99. The van der Waals surface area contributed by atoms with Crippen LogP contribution in [0, 0.1) is 20.8 Å². The summed E-state index contributed by atoms with van der Waals surface area (Å²) in [5.74, 6) is 0.224. The van der Waals surface area contributed by atoms with Crippen LogP contribution in [-0.4, -0.2) is 54.0 Å². The molecule has 0 fully saturated rings. The van der Waals surface area contributed by atoms with Gasteiger partial charge in [0.1, 0.15) is 5.78 Å². The molecule has 0 spiro atoms. The van der Waals surface area contributed by atoms with E-state index in [0.29, 0.717) is 12.8 Å². The number of rotatable bonds is 7. The molecule has 0 unspecified atom stereocenters. The Morgan fingerprint density at radius 1 is 0.674 bits per heavy atom. The SMILES string of the molecule is CB(O)O.CO.[B]O.[CH2-]C.[CH2-]CC(=O)c1cc[n+](Cc2ccccc2)cc1.[CH2-]CC(C)=O.[Y+3].c1ccc(C[n+]2ccccc2)cc1. The molecule has 0 aliphatic heterocycles.